The molecule has 0 amide bonds. The van der Waals surface area contributed by atoms with Crippen LogP contribution in [0.5, 0.6) is 0 Å². The molecule has 0 aromatic heterocycles. The van der Waals surface area contributed by atoms with Gasteiger partial charge in [0.25, 0.3) is 0 Å². The standard InChI is InChI=1S/C11H20N6O4/c1-2-21-6-3-17-9(13)14-5(4-18)7-10(17,11(6,19)20)16-8(12)15-7/h5-7,18-20H,2-4H2,1H3,(H2,13,14)(H3,12,15,16)/t5-,6-,7-,10-/m0/s1. The number of guanidine groups is 2. The van der Waals surface area contributed by atoms with Gasteiger partial charge >= 0.3 is 0 Å². The molecule has 0 aromatic rings. The Morgan fingerprint density at radius 2 is 2.14 bits per heavy atom. The minimum absolute atomic E-state index is 0.0398. The summed E-state index contributed by atoms with van der Waals surface area (Å²) in [5.74, 6) is -2.18. The molecule has 1 spiro atoms. The monoisotopic (exact) mass is 300 g/mol. The number of rotatable bonds is 3. The van der Waals surface area contributed by atoms with E-state index in [9.17, 15) is 15.3 Å². The number of aliphatic hydroxyl groups is 3. The van der Waals surface area contributed by atoms with Crippen LogP contribution in [0.2, 0.25) is 0 Å². The van der Waals surface area contributed by atoms with E-state index in [4.69, 9.17) is 16.2 Å². The second-order valence-corrected chi connectivity index (χ2v) is 5.37. The van der Waals surface area contributed by atoms with Crippen molar-refractivity contribution in [1.82, 2.24) is 10.2 Å². The first-order chi connectivity index (χ1) is 9.88. The number of hydrogen-bond acceptors (Lipinski definition) is 10. The van der Waals surface area contributed by atoms with Crippen LogP contribution in [-0.2, 0) is 4.74 Å². The molecule has 1 fully saturated rings. The first-order valence-electron chi connectivity index (χ1n) is 6.78. The predicted octanol–water partition coefficient (Wildman–Crippen LogP) is -3.94. The highest BCUT2D eigenvalue weighted by Crippen LogP contribution is 2.45. The number of ether oxygens (including phenoxy) is 1. The zero-order chi connectivity index (χ0) is 15.4. The lowest BCUT2D eigenvalue weighted by Gasteiger charge is -2.48. The molecule has 10 nitrogen and oxygen atoms in total. The van der Waals surface area contributed by atoms with Crippen LogP contribution in [-0.4, -0.2) is 81.5 Å². The summed E-state index contributed by atoms with van der Waals surface area (Å²) in [4.78, 5) is 9.82. The van der Waals surface area contributed by atoms with Gasteiger partial charge in [0, 0.05) is 6.61 Å². The average Bonchev–Trinajstić information content (AvgIpc) is 2.88. The van der Waals surface area contributed by atoms with E-state index in [1.54, 1.807) is 6.92 Å². The van der Waals surface area contributed by atoms with E-state index < -0.39 is 29.6 Å². The molecule has 0 bridgehead atoms. The van der Waals surface area contributed by atoms with Gasteiger partial charge < -0.3 is 41.7 Å². The highest BCUT2D eigenvalue weighted by molar-refractivity contribution is 5.87. The summed E-state index contributed by atoms with van der Waals surface area (Å²) in [5.41, 5.74) is 10.2. The molecule has 8 N–H and O–H groups in total. The van der Waals surface area contributed by atoms with Crippen molar-refractivity contribution in [3.05, 3.63) is 0 Å². The smallest absolute Gasteiger partial charge is 0.237 e. The van der Waals surface area contributed by atoms with E-state index in [1.165, 1.54) is 4.90 Å². The van der Waals surface area contributed by atoms with E-state index in [1.807, 2.05) is 0 Å². The van der Waals surface area contributed by atoms with Gasteiger partial charge in [-0.3, -0.25) is 0 Å². The van der Waals surface area contributed by atoms with Crippen molar-refractivity contribution in [3.8, 4) is 0 Å². The number of hydrogen-bond donors (Lipinski definition) is 6. The Morgan fingerprint density at radius 3 is 2.76 bits per heavy atom. The molecule has 0 aromatic carbocycles. The van der Waals surface area contributed by atoms with Gasteiger partial charge in [-0.2, -0.15) is 0 Å². The molecule has 0 aliphatic carbocycles. The van der Waals surface area contributed by atoms with Crippen LogP contribution in [0.1, 0.15) is 6.92 Å². The lowest BCUT2D eigenvalue weighted by Crippen LogP contribution is -2.77. The second kappa shape index (κ2) is 4.44. The quantitative estimate of drug-likeness (QED) is 0.288. The van der Waals surface area contributed by atoms with E-state index in [2.05, 4.69) is 15.3 Å². The normalized spacial score (nSPS) is 40.2. The zero-order valence-electron chi connectivity index (χ0n) is 11.6. The minimum Gasteiger partial charge on any atom is -0.394 e. The van der Waals surface area contributed by atoms with Gasteiger partial charge in [-0.1, -0.05) is 0 Å². The molecule has 3 rings (SSSR count). The molecule has 3 heterocycles. The van der Waals surface area contributed by atoms with Crippen LogP contribution in [0, 0.1) is 0 Å². The Bertz CT molecular complexity index is 509. The molecule has 1 saturated heterocycles. The van der Waals surface area contributed by atoms with E-state index in [-0.39, 0.29) is 25.1 Å². The maximum absolute atomic E-state index is 10.7. The highest BCUT2D eigenvalue weighted by atomic mass is 16.6. The van der Waals surface area contributed by atoms with E-state index in [0.717, 1.165) is 0 Å². The van der Waals surface area contributed by atoms with Gasteiger partial charge in [0.1, 0.15) is 18.2 Å². The summed E-state index contributed by atoms with van der Waals surface area (Å²) in [6.07, 6.45) is -0.912. The molecule has 21 heavy (non-hydrogen) atoms. The summed E-state index contributed by atoms with van der Waals surface area (Å²) in [6.45, 7) is 1.85. The fourth-order valence-corrected chi connectivity index (χ4v) is 3.42. The summed E-state index contributed by atoms with van der Waals surface area (Å²) >= 11 is 0. The van der Waals surface area contributed by atoms with Crippen LogP contribution in [0.15, 0.2) is 9.98 Å². The fraction of sp³-hybridized carbons (Fsp3) is 0.818. The Morgan fingerprint density at radius 1 is 1.43 bits per heavy atom. The molecule has 3 aliphatic rings. The van der Waals surface area contributed by atoms with Gasteiger partial charge in [-0.05, 0) is 6.92 Å². The topological polar surface area (TPSA) is 162 Å². The van der Waals surface area contributed by atoms with E-state index in [0.29, 0.717) is 6.61 Å². The molecule has 118 valence electrons. The molecule has 4 atom stereocenters. The first-order valence-corrected chi connectivity index (χ1v) is 6.78. The fourth-order valence-electron chi connectivity index (χ4n) is 3.42. The third kappa shape index (κ3) is 1.61. The lowest BCUT2D eigenvalue weighted by molar-refractivity contribution is -0.265. The lowest BCUT2D eigenvalue weighted by atomic mass is 9.86. The van der Waals surface area contributed by atoms with Gasteiger partial charge in [0.15, 0.2) is 17.6 Å². The number of nitrogens with one attached hydrogen (secondary N) is 1. The molecule has 0 unspecified atom stereocenters. The Labute approximate surface area is 121 Å². The van der Waals surface area contributed by atoms with Crippen molar-refractivity contribution in [2.24, 2.45) is 21.5 Å². The summed E-state index contributed by atoms with van der Waals surface area (Å²) < 4.78 is 5.42. The van der Waals surface area contributed by atoms with Crippen LogP contribution in [0.3, 0.4) is 0 Å². The third-order valence-corrected chi connectivity index (χ3v) is 4.30. The largest absolute Gasteiger partial charge is 0.394 e. The summed E-state index contributed by atoms with van der Waals surface area (Å²) in [6, 6.07) is -1.50. The zero-order valence-corrected chi connectivity index (χ0v) is 11.6. The maximum Gasteiger partial charge on any atom is 0.237 e. The third-order valence-electron chi connectivity index (χ3n) is 4.30. The molecular weight excluding hydrogens is 280 g/mol. The van der Waals surface area contributed by atoms with Gasteiger partial charge in [0.2, 0.25) is 5.79 Å². The van der Waals surface area contributed by atoms with Crippen molar-refractivity contribution in [1.29, 1.82) is 0 Å². The van der Waals surface area contributed by atoms with Crippen LogP contribution >= 0.6 is 0 Å². The van der Waals surface area contributed by atoms with Crippen molar-refractivity contribution < 1.29 is 20.1 Å². The molecule has 0 radical (unpaired) electrons. The van der Waals surface area contributed by atoms with Crippen LogP contribution < -0.4 is 16.8 Å². The van der Waals surface area contributed by atoms with Gasteiger partial charge in [-0.25, -0.2) is 9.98 Å². The van der Waals surface area contributed by atoms with Gasteiger partial charge in [0.05, 0.1) is 13.2 Å². The average molecular weight is 300 g/mol. The molecule has 0 saturated carbocycles. The number of nitrogens with zero attached hydrogens (tertiary/aromatic N) is 3. The molecular formula is C11H20N6O4. The Hall–Kier alpha value is -1.62. The van der Waals surface area contributed by atoms with Crippen molar-refractivity contribution >= 4 is 11.9 Å². The second-order valence-electron chi connectivity index (χ2n) is 5.37. The summed E-state index contributed by atoms with van der Waals surface area (Å²) in [5, 5.41) is 33.7. The molecule has 10 heteroatoms. The van der Waals surface area contributed by atoms with Crippen molar-refractivity contribution in [2.45, 2.75) is 36.6 Å². The Kier molecular flexibility index (Phi) is 3.03. The minimum atomic E-state index is -2.30. The number of aliphatic hydroxyl groups excluding tert-OH is 1. The Balaban J connectivity index is 2.11. The van der Waals surface area contributed by atoms with Crippen molar-refractivity contribution in [3.63, 3.8) is 0 Å². The van der Waals surface area contributed by atoms with Crippen LogP contribution in [0.25, 0.3) is 0 Å². The highest BCUT2D eigenvalue weighted by Gasteiger charge is 2.73. The number of nitrogens with two attached hydrogens (primary N) is 2. The SMILES string of the molecule is CCO[C@H]1CN2C(N)=N[C@@H](CO)[C@@H]3N=C(N)N[C@@]32C1(O)O. The maximum atomic E-state index is 10.7. The predicted molar refractivity (Wildman–Crippen MR) is 73.1 cm³/mol. The van der Waals surface area contributed by atoms with Gasteiger partial charge in [-0.15, -0.1) is 0 Å². The van der Waals surface area contributed by atoms with E-state index >= 15 is 0 Å². The van der Waals surface area contributed by atoms with Crippen LogP contribution in [0.4, 0.5) is 0 Å². The number of aliphatic imine (C=N–C) groups is 2. The first kappa shape index (κ1) is 14.3. The molecule has 3 aliphatic heterocycles. The summed E-state index contributed by atoms with van der Waals surface area (Å²) in [7, 11) is 0. The van der Waals surface area contributed by atoms with Crippen molar-refractivity contribution in [2.75, 3.05) is 19.8 Å².